The van der Waals surface area contributed by atoms with Crippen LogP contribution >= 0.6 is 0 Å². The molecule has 41 heavy (non-hydrogen) atoms. The Hall–Kier alpha value is -3.50. The molecular formula is C25H33FN8O6S. The molecule has 2 aliphatic rings. The summed E-state index contributed by atoms with van der Waals surface area (Å²) in [6, 6.07) is 0. The van der Waals surface area contributed by atoms with E-state index >= 15 is 0 Å². The zero-order chi connectivity index (χ0) is 29.1. The van der Waals surface area contributed by atoms with Gasteiger partial charge in [-0.3, -0.25) is 4.57 Å². The minimum absolute atomic E-state index is 0.0970. The maximum Gasteiger partial charge on any atom is 0.245 e. The third-order valence-electron chi connectivity index (χ3n) is 6.90. The van der Waals surface area contributed by atoms with E-state index < -0.39 is 38.9 Å². The average molecular weight is 593 g/mol. The first-order valence-corrected chi connectivity index (χ1v) is 15.0. The van der Waals surface area contributed by atoms with Gasteiger partial charge in [0.15, 0.2) is 33.0 Å². The highest BCUT2D eigenvalue weighted by Gasteiger charge is 2.39. The lowest BCUT2D eigenvalue weighted by Crippen LogP contribution is -2.51. The van der Waals surface area contributed by atoms with E-state index in [4.69, 9.17) is 18.9 Å². The van der Waals surface area contributed by atoms with Gasteiger partial charge in [0.2, 0.25) is 17.7 Å². The number of aromatic nitrogens is 7. The van der Waals surface area contributed by atoms with Gasteiger partial charge in [-0.2, -0.15) is 9.97 Å². The molecule has 0 aromatic carbocycles. The van der Waals surface area contributed by atoms with E-state index in [0.717, 1.165) is 18.8 Å². The molecule has 2 fully saturated rings. The molecule has 3 atom stereocenters. The summed E-state index contributed by atoms with van der Waals surface area (Å²) >= 11 is 0. The molecule has 5 heterocycles. The molecule has 0 N–H and O–H groups in total. The van der Waals surface area contributed by atoms with Crippen molar-refractivity contribution in [2.75, 3.05) is 38.8 Å². The highest BCUT2D eigenvalue weighted by Crippen LogP contribution is 2.36. The molecule has 14 nitrogen and oxygen atoms in total. The van der Waals surface area contributed by atoms with Crippen molar-refractivity contribution in [1.82, 2.24) is 34.7 Å². The van der Waals surface area contributed by atoms with Crippen LogP contribution in [0.1, 0.15) is 50.9 Å². The minimum Gasteiger partial charge on any atom is -0.479 e. The van der Waals surface area contributed by atoms with Gasteiger partial charge in [0, 0.05) is 19.7 Å². The number of piperidine rings is 1. The molecule has 2 saturated heterocycles. The molecule has 0 unspecified atom stereocenters. The standard InChI is InChI=1S/C25H33FN8O6S/c1-15(2)40-17-8-18(12-33(11-17)25-27-9-16(26)10-28-25)41(35,36)13-20-31-32-22(19-6-5-7-39-19)34(20)21-23(37-3)29-14-30-24(21)38-4/h9-10,14-15,17-19H,5-8,11-13H2,1-4H3/t17-,18-,19-/m0/s1. The Bertz CT molecular complexity index is 1430. The third-order valence-corrected chi connectivity index (χ3v) is 8.92. The molecule has 222 valence electrons. The molecule has 0 radical (unpaired) electrons. The molecule has 0 aliphatic carbocycles. The zero-order valence-corrected chi connectivity index (χ0v) is 24.1. The summed E-state index contributed by atoms with van der Waals surface area (Å²) in [4.78, 5) is 18.2. The smallest absolute Gasteiger partial charge is 0.245 e. The molecule has 0 saturated carbocycles. The Balaban J connectivity index is 1.52. The van der Waals surface area contributed by atoms with Gasteiger partial charge < -0.3 is 23.8 Å². The van der Waals surface area contributed by atoms with Crippen molar-refractivity contribution < 1.29 is 31.8 Å². The lowest BCUT2D eigenvalue weighted by atomic mass is 10.1. The SMILES string of the molecule is COc1ncnc(OC)c1-n1c(CS(=O)(=O)[C@H]2C[C@H](OC(C)C)CN(c3ncc(F)cn3)C2)nnc1[C@@H]1CCCO1. The molecule has 16 heteroatoms. The summed E-state index contributed by atoms with van der Waals surface area (Å²) in [5, 5.41) is 7.78. The van der Waals surface area contributed by atoms with E-state index in [-0.39, 0.29) is 48.3 Å². The van der Waals surface area contributed by atoms with Gasteiger partial charge >= 0.3 is 0 Å². The maximum atomic E-state index is 14.1. The number of methoxy groups -OCH3 is 2. The van der Waals surface area contributed by atoms with Crippen LogP contribution in [0, 0.1) is 5.82 Å². The number of sulfone groups is 1. The van der Waals surface area contributed by atoms with Gasteiger partial charge in [0.25, 0.3) is 0 Å². The Morgan fingerprint density at radius 2 is 1.78 bits per heavy atom. The predicted molar refractivity (Wildman–Crippen MR) is 143 cm³/mol. The molecule has 3 aromatic rings. The van der Waals surface area contributed by atoms with Gasteiger partial charge in [-0.1, -0.05) is 0 Å². The van der Waals surface area contributed by atoms with Gasteiger partial charge in [-0.15, -0.1) is 10.2 Å². The molecule has 0 bridgehead atoms. The number of rotatable bonds is 10. The lowest BCUT2D eigenvalue weighted by Gasteiger charge is -2.38. The van der Waals surface area contributed by atoms with Crippen molar-refractivity contribution >= 4 is 15.8 Å². The van der Waals surface area contributed by atoms with Crippen LogP contribution in [0.15, 0.2) is 18.7 Å². The second-order valence-electron chi connectivity index (χ2n) is 10.1. The molecule has 5 rings (SSSR count). The molecule has 2 aliphatic heterocycles. The molecule has 0 spiro atoms. The highest BCUT2D eigenvalue weighted by atomic mass is 32.2. The Labute approximate surface area is 237 Å². The number of halogens is 1. The first kappa shape index (κ1) is 29.0. The van der Waals surface area contributed by atoms with Crippen molar-refractivity contribution in [2.45, 2.75) is 62.4 Å². The van der Waals surface area contributed by atoms with Crippen LogP contribution in [-0.2, 0) is 25.1 Å². The topological polar surface area (TPSA) is 157 Å². The summed E-state index contributed by atoms with van der Waals surface area (Å²) in [7, 11) is -0.981. The number of hydrogen-bond acceptors (Lipinski definition) is 13. The van der Waals surface area contributed by atoms with Crippen LogP contribution in [0.3, 0.4) is 0 Å². The number of anilines is 1. The molecular weight excluding hydrogens is 559 g/mol. The fourth-order valence-corrected chi connectivity index (χ4v) is 6.87. The summed E-state index contributed by atoms with van der Waals surface area (Å²) in [5.74, 6) is 0.0638. The van der Waals surface area contributed by atoms with Crippen LogP contribution in [-0.4, -0.2) is 94.5 Å². The van der Waals surface area contributed by atoms with Crippen molar-refractivity contribution in [3.63, 3.8) is 0 Å². The first-order chi connectivity index (χ1) is 19.7. The monoisotopic (exact) mass is 592 g/mol. The molecule has 3 aromatic heterocycles. The highest BCUT2D eigenvalue weighted by molar-refractivity contribution is 7.91. The quantitative estimate of drug-likeness (QED) is 0.336. The number of ether oxygens (including phenoxy) is 4. The average Bonchev–Trinajstić information content (AvgIpc) is 3.62. The van der Waals surface area contributed by atoms with E-state index in [1.807, 2.05) is 13.8 Å². The van der Waals surface area contributed by atoms with Crippen LogP contribution in [0.25, 0.3) is 5.69 Å². The van der Waals surface area contributed by atoms with Crippen LogP contribution < -0.4 is 14.4 Å². The second-order valence-corrected chi connectivity index (χ2v) is 12.4. The fourth-order valence-electron chi connectivity index (χ4n) is 5.18. The van der Waals surface area contributed by atoms with E-state index in [1.54, 1.807) is 9.47 Å². The van der Waals surface area contributed by atoms with Crippen LogP contribution in [0.4, 0.5) is 10.3 Å². The number of hydrogen-bond donors (Lipinski definition) is 0. The summed E-state index contributed by atoms with van der Waals surface area (Å²) in [6.45, 7) is 4.78. The Kier molecular flexibility index (Phi) is 8.60. The van der Waals surface area contributed by atoms with Gasteiger partial charge in [0.05, 0.1) is 44.1 Å². The van der Waals surface area contributed by atoms with Crippen LogP contribution in [0.2, 0.25) is 0 Å². The Morgan fingerprint density at radius 3 is 2.39 bits per heavy atom. The van der Waals surface area contributed by atoms with Crippen molar-refractivity contribution in [1.29, 1.82) is 0 Å². The lowest BCUT2D eigenvalue weighted by molar-refractivity contribution is 0.00143. The summed E-state index contributed by atoms with van der Waals surface area (Å²) in [6.07, 6.45) is 4.21. The van der Waals surface area contributed by atoms with E-state index in [1.165, 1.54) is 20.5 Å². The van der Waals surface area contributed by atoms with Gasteiger partial charge in [-0.25, -0.2) is 22.8 Å². The van der Waals surface area contributed by atoms with Crippen molar-refractivity contribution in [2.24, 2.45) is 0 Å². The Morgan fingerprint density at radius 1 is 1.07 bits per heavy atom. The van der Waals surface area contributed by atoms with E-state index in [2.05, 4.69) is 30.1 Å². The number of nitrogens with zero attached hydrogens (tertiary/aromatic N) is 8. The predicted octanol–water partition coefficient (Wildman–Crippen LogP) is 1.84. The second kappa shape index (κ2) is 12.2. The maximum absolute atomic E-state index is 14.1. The normalized spacial score (nSPS) is 21.4. The minimum atomic E-state index is -3.87. The van der Waals surface area contributed by atoms with E-state index in [9.17, 15) is 12.8 Å². The van der Waals surface area contributed by atoms with Gasteiger partial charge in [-0.05, 0) is 33.1 Å². The van der Waals surface area contributed by atoms with Crippen molar-refractivity contribution in [3.05, 3.63) is 36.2 Å². The summed E-state index contributed by atoms with van der Waals surface area (Å²) in [5.41, 5.74) is 0.282. The first-order valence-electron chi connectivity index (χ1n) is 13.3. The molecule has 0 amide bonds. The largest absolute Gasteiger partial charge is 0.479 e. The third kappa shape index (κ3) is 6.23. The van der Waals surface area contributed by atoms with Gasteiger partial charge in [0.1, 0.15) is 18.2 Å². The fraction of sp³-hybridized carbons (Fsp3) is 0.600. The zero-order valence-electron chi connectivity index (χ0n) is 23.3. The summed E-state index contributed by atoms with van der Waals surface area (Å²) < 4.78 is 66.1. The van der Waals surface area contributed by atoms with Crippen LogP contribution in [0.5, 0.6) is 11.8 Å². The van der Waals surface area contributed by atoms with Crippen molar-refractivity contribution in [3.8, 4) is 17.4 Å². The van der Waals surface area contributed by atoms with E-state index in [0.29, 0.717) is 25.4 Å².